The Balaban J connectivity index is 1.96. The van der Waals surface area contributed by atoms with Crippen LogP contribution in [0.3, 0.4) is 0 Å². The molecule has 0 radical (unpaired) electrons. The number of hydrogen-bond donors (Lipinski definition) is 2. The molecule has 0 amide bonds. The molecule has 0 saturated carbocycles. The van der Waals surface area contributed by atoms with Gasteiger partial charge in [0.15, 0.2) is 0 Å². The van der Waals surface area contributed by atoms with Crippen molar-refractivity contribution in [1.82, 2.24) is 20.5 Å². The van der Waals surface area contributed by atoms with Crippen LogP contribution in [0.15, 0.2) is 6.33 Å². The summed E-state index contributed by atoms with van der Waals surface area (Å²) in [6.45, 7) is 4.28. The lowest BCUT2D eigenvalue weighted by Crippen LogP contribution is -2.18. The SMILES string of the molecule is CCCCNCCc1ncn[nH]1. The smallest absolute Gasteiger partial charge is 0.137 e. The van der Waals surface area contributed by atoms with Crippen molar-refractivity contribution in [3.05, 3.63) is 12.2 Å². The lowest BCUT2D eigenvalue weighted by molar-refractivity contribution is 0.631. The molecule has 0 aliphatic heterocycles. The molecule has 12 heavy (non-hydrogen) atoms. The molecule has 0 spiro atoms. The summed E-state index contributed by atoms with van der Waals surface area (Å²) < 4.78 is 0. The number of rotatable bonds is 6. The molecule has 4 nitrogen and oxygen atoms in total. The van der Waals surface area contributed by atoms with Gasteiger partial charge in [-0.15, -0.1) is 0 Å². The maximum atomic E-state index is 4.03. The van der Waals surface area contributed by atoms with Crippen molar-refractivity contribution in [3.63, 3.8) is 0 Å². The van der Waals surface area contributed by atoms with Crippen molar-refractivity contribution in [2.45, 2.75) is 26.2 Å². The quantitative estimate of drug-likeness (QED) is 0.616. The molecule has 2 N–H and O–H groups in total. The van der Waals surface area contributed by atoms with Crippen molar-refractivity contribution in [3.8, 4) is 0 Å². The second-order valence-electron chi connectivity index (χ2n) is 2.79. The Hall–Kier alpha value is -0.900. The molecule has 0 aromatic carbocycles. The highest BCUT2D eigenvalue weighted by Crippen LogP contribution is 1.86. The third-order valence-corrected chi connectivity index (χ3v) is 1.71. The number of aromatic amines is 1. The van der Waals surface area contributed by atoms with Crippen molar-refractivity contribution < 1.29 is 0 Å². The number of aromatic nitrogens is 3. The van der Waals surface area contributed by atoms with Crippen LogP contribution in [0.4, 0.5) is 0 Å². The molecule has 0 aliphatic carbocycles. The summed E-state index contributed by atoms with van der Waals surface area (Å²) in [6.07, 6.45) is 4.97. The molecule has 1 rings (SSSR count). The third-order valence-electron chi connectivity index (χ3n) is 1.71. The first-order valence-electron chi connectivity index (χ1n) is 4.48. The first-order chi connectivity index (χ1) is 5.93. The van der Waals surface area contributed by atoms with Crippen LogP contribution in [0.5, 0.6) is 0 Å². The van der Waals surface area contributed by atoms with E-state index < -0.39 is 0 Å². The zero-order valence-electron chi connectivity index (χ0n) is 7.51. The Kier molecular flexibility index (Phi) is 4.37. The van der Waals surface area contributed by atoms with Crippen LogP contribution < -0.4 is 5.32 Å². The van der Waals surface area contributed by atoms with Gasteiger partial charge >= 0.3 is 0 Å². The van der Waals surface area contributed by atoms with Gasteiger partial charge in [-0.2, -0.15) is 5.10 Å². The Bertz CT molecular complexity index is 183. The largest absolute Gasteiger partial charge is 0.316 e. The molecule has 1 aromatic heterocycles. The number of hydrogen-bond acceptors (Lipinski definition) is 3. The van der Waals surface area contributed by atoms with Gasteiger partial charge in [-0.05, 0) is 13.0 Å². The monoisotopic (exact) mass is 168 g/mol. The van der Waals surface area contributed by atoms with Crippen LogP contribution in [0.1, 0.15) is 25.6 Å². The molecule has 0 fully saturated rings. The molecule has 0 aliphatic rings. The highest BCUT2D eigenvalue weighted by atomic mass is 15.2. The van der Waals surface area contributed by atoms with Gasteiger partial charge in [-0.3, -0.25) is 5.10 Å². The molecule has 0 unspecified atom stereocenters. The van der Waals surface area contributed by atoms with E-state index >= 15 is 0 Å². The summed E-state index contributed by atoms with van der Waals surface area (Å²) in [4.78, 5) is 4.03. The van der Waals surface area contributed by atoms with E-state index in [1.54, 1.807) is 6.33 Å². The van der Waals surface area contributed by atoms with Crippen molar-refractivity contribution >= 4 is 0 Å². The van der Waals surface area contributed by atoms with Crippen LogP contribution in [0.25, 0.3) is 0 Å². The van der Waals surface area contributed by atoms with Gasteiger partial charge in [0.05, 0.1) is 0 Å². The fourth-order valence-corrected chi connectivity index (χ4v) is 0.985. The highest BCUT2D eigenvalue weighted by Gasteiger charge is 1.93. The van der Waals surface area contributed by atoms with E-state index in [1.807, 2.05) is 0 Å². The first kappa shape index (κ1) is 9.19. The molecule has 0 saturated heterocycles. The molecule has 68 valence electrons. The van der Waals surface area contributed by atoms with Gasteiger partial charge in [0.25, 0.3) is 0 Å². The maximum Gasteiger partial charge on any atom is 0.137 e. The molecular formula is C8H16N4. The van der Waals surface area contributed by atoms with E-state index in [2.05, 4.69) is 27.4 Å². The predicted octanol–water partition coefficient (Wildman–Crippen LogP) is 0.737. The topological polar surface area (TPSA) is 53.6 Å². The van der Waals surface area contributed by atoms with Crippen LogP contribution in [0.2, 0.25) is 0 Å². The Morgan fingerprint density at radius 1 is 1.50 bits per heavy atom. The average Bonchev–Trinajstić information content (AvgIpc) is 2.57. The molecule has 1 aromatic rings. The molecular weight excluding hydrogens is 152 g/mol. The minimum absolute atomic E-state index is 0.934. The highest BCUT2D eigenvalue weighted by molar-refractivity contribution is 4.80. The Morgan fingerprint density at radius 2 is 2.42 bits per heavy atom. The van der Waals surface area contributed by atoms with Crippen LogP contribution in [0, 0.1) is 0 Å². The van der Waals surface area contributed by atoms with Crippen LogP contribution in [-0.2, 0) is 6.42 Å². The van der Waals surface area contributed by atoms with Gasteiger partial charge in [0, 0.05) is 13.0 Å². The zero-order valence-corrected chi connectivity index (χ0v) is 7.51. The fourth-order valence-electron chi connectivity index (χ4n) is 0.985. The summed E-state index contributed by atoms with van der Waals surface area (Å²) in [5, 5.41) is 9.94. The van der Waals surface area contributed by atoms with Gasteiger partial charge in [0.2, 0.25) is 0 Å². The van der Waals surface area contributed by atoms with E-state index in [4.69, 9.17) is 0 Å². The van der Waals surface area contributed by atoms with Crippen LogP contribution in [-0.4, -0.2) is 28.3 Å². The standard InChI is InChI=1S/C8H16N4/c1-2-3-5-9-6-4-8-10-7-11-12-8/h7,9H,2-6H2,1H3,(H,10,11,12). The summed E-state index contributed by atoms with van der Waals surface area (Å²) >= 11 is 0. The second kappa shape index (κ2) is 5.71. The third kappa shape index (κ3) is 3.48. The first-order valence-corrected chi connectivity index (χ1v) is 4.48. The normalized spacial score (nSPS) is 10.4. The Morgan fingerprint density at radius 3 is 3.08 bits per heavy atom. The molecule has 1 heterocycles. The van der Waals surface area contributed by atoms with Gasteiger partial charge in [-0.1, -0.05) is 13.3 Å². The van der Waals surface area contributed by atoms with E-state index in [0.29, 0.717) is 0 Å². The van der Waals surface area contributed by atoms with Gasteiger partial charge in [-0.25, -0.2) is 4.98 Å². The number of unbranched alkanes of at least 4 members (excludes halogenated alkanes) is 1. The van der Waals surface area contributed by atoms with Gasteiger partial charge in [0.1, 0.15) is 12.2 Å². The average molecular weight is 168 g/mol. The molecule has 4 heteroatoms. The predicted molar refractivity (Wildman–Crippen MR) is 47.9 cm³/mol. The zero-order chi connectivity index (χ0) is 8.65. The van der Waals surface area contributed by atoms with Crippen molar-refractivity contribution in [2.24, 2.45) is 0 Å². The van der Waals surface area contributed by atoms with E-state index in [9.17, 15) is 0 Å². The Labute approximate surface area is 72.8 Å². The van der Waals surface area contributed by atoms with E-state index in [-0.39, 0.29) is 0 Å². The lowest BCUT2D eigenvalue weighted by atomic mass is 10.3. The van der Waals surface area contributed by atoms with E-state index in [0.717, 1.165) is 25.3 Å². The van der Waals surface area contributed by atoms with Gasteiger partial charge < -0.3 is 5.32 Å². The van der Waals surface area contributed by atoms with Crippen molar-refractivity contribution in [1.29, 1.82) is 0 Å². The second-order valence-corrected chi connectivity index (χ2v) is 2.79. The number of H-pyrrole nitrogens is 1. The minimum Gasteiger partial charge on any atom is -0.316 e. The van der Waals surface area contributed by atoms with Crippen molar-refractivity contribution in [2.75, 3.05) is 13.1 Å². The number of nitrogens with one attached hydrogen (secondary N) is 2. The number of nitrogens with zero attached hydrogens (tertiary/aromatic N) is 2. The van der Waals surface area contributed by atoms with E-state index in [1.165, 1.54) is 12.8 Å². The minimum atomic E-state index is 0.934. The summed E-state index contributed by atoms with van der Waals surface area (Å²) in [5.41, 5.74) is 0. The maximum absolute atomic E-state index is 4.03. The van der Waals surface area contributed by atoms with Crippen LogP contribution >= 0.6 is 0 Å². The molecule has 0 atom stereocenters. The summed E-state index contributed by atoms with van der Waals surface area (Å²) in [7, 11) is 0. The fraction of sp³-hybridized carbons (Fsp3) is 0.750. The lowest BCUT2D eigenvalue weighted by Gasteiger charge is -2.00. The summed E-state index contributed by atoms with van der Waals surface area (Å²) in [6, 6.07) is 0. The summed E-state index contributed by atoms with van der Waals surface area (Å²) in [5.74, 6) is 0.957. The molecule has 0 bridgehead atoms.